The number of hydrogen-bond donors (Lipinski definition) is 1. The van der Waals surface area contributed by atoms with E-state index < -0.39 is 4.92 Å². The molecule has 1 amide bonds. The molecule has 1 N–H and O–H groups in total. The minimum Gasteiger partial charge on any atom is -0.325 e. The van der Waals surface area contributed by atoms with Crippen LogP contribution < -0.4 is 5.32 Å². The first-order valence-corrected chi connectivity index (χ1v) is 11.0. The molecule has 0 unspecified atom stereocenters. The fourth-order valence-corrected chi connectivity index (χ4v) is 4.77. The SMILES string of the molecule is CCn1c(SCC(=O)Nc2ccc([N+](=O)[O-])cc2)nnc1-c1csc2ccccc12. The number of nitrogens with one attached hydrogen (secondary N) is 1. The van der Waals surface area contributed by atoms with Gasteiger partial charge >= 0.3 is 0 Å². The van der Waals surface area contributed by atoms with Gasteiger partial charge in [0.15, 0.2) is 11.0 Å². The molecule has 0 spiro atoms. The Bertz CT molecular complexity index is 1220. The molecule has 0 saturated carbocycles. The summed E-state index contributed by atoms with van der Waals surface area (Å²) in [6.45, 7) is 2.70. The van der Waals surface area contributed by atoms with Crippen LogP contribution in [0.15, 0.2) is 59.1 Å². The fourth-order valence-electron chi connectivity index (χ4n) is 3.02. The molecule has 10 heteroatoms. The molecule has 2 aromatic carbocycles. The van der Waals surface area contributed by atoms with Crippen molar-refractivity contribution in [3.05, 3.63) is 64.0 Å². The highest BCUT2D eigenvalue weighted by Gasteiger charge is 2.17. The van der Waals surface area contributed by atoms with Crippen molar-refractivity contribution < 1.29 is 9.72 Å². The van der Waals surface area contributed by atoms with E-state index in [2.05, 4.69) is 33.0 Å². The third-order valence-electron chi connectivity index (χ3n) is 4.45. The molecule has 8 nitrogen and oxygen atoms in total. The largest absolute Gasteiger partial charge is 0.325 e. The summed E-state index contributed by atoms with van der Waals surface area (Å²) in [4.78, 5) is 22.5. The molecule has 2 heterocycles. The van der Waals surface area contributed by atoms with Gasteiger partial charge in [-0.1, -0.05) is 30.0 Å². The number of aromatic nitrogens is 3. The lowest BCUT2D eigenvalue weighted by Gasteiger charge is -2.07. The highest BCUT2D eigenvalue weighted by atomic mass is 32.2. The van der Waals surface area contributed by atoms with Crippen molar-refractivity contribution in [3.63, 3.8) is 0 Å². The molecule has 2 aromatic heterocycles. The van der Waals surface area contributed by atoms with E-state index in [1.165, 1.54) is 40.7 Å². The molecular weight excluding hydrogens is 422 g/mol. The first-order chi connectivity index (χ1) is 14.6. The number of thiophene rings is 1. The fraction of sp³-hybridized carbons (Fsp3) is 0.150. The molecule has 0 saturated heterocycles. The number of carbonyl (C=O) groups excluding carboxylic acids is 1. The first-order valence-electron chi connectivity index (χ1n) is 9.13. The maximum atomic E-state index is 12.3. The normalized spacial score (nSPS) is 11.0. The van der Waals surface area contributed by atoms with E-state index in [1.54, 1.807) is 11.3 Å². The zero-order chi connectivity index (χ0) is 21.1. The maximum absolute atomic E-state index is 12.3. The number of nitro benzene ring substituents is 1. The van der Waals surface area contributed by atoms with Crippen molar-refractivity contribution in [2.24, 2.45) is 0 Å². The third kappa shape index (κ3) is 4.05. The van der Waals surface area contributed by atoms with Gasteiger partial charge in [0.05, 0.1) is 10.7 Å². The number of fused-ring (bicyclic) bond motifs is 1. The molecule has 4 aromatic rings. The van der Waals surface area contributed by atoms with E-state index in [4.69, 9.17) is 0 Å². The van der Waals surface area contributed by atoms with Crippen LogP contribution in [0.3, 0.4) is 0 Å². The van der Waals surface area contributed by atoms with Gasteiger partial charge in [-0.2, -0.15) is 0 Å². The van der Waals surface area contributed by atoms with Crippen LogP contribution >= 0.6 is 23.1 Å². The van der Waals surface area contributed by atoms with Crippen LogP contribution in [-0.2, 0) is 11.3 Å². The minimum absolute atomic E-state index is 0.0214. The average Bonchev–Trinajstić information content (AvgIpc) is 3.36. The summed E-state index contributed by atoms with van der Waals surface area (Å²) in [5, 5.41) is 26.0. The molecule has 0 atom stereocenters. The summed E-state index contributed by atoms with van der Waals surface area (Å²) < 4.78 is 3.19. The number of nitro groups is 1. The number of non-ortho nitro benzene ring substituents is 1. The van der Waals surface area contributed by atoms with Gasteiger partial charge < -0.3 is 9.88 Å². The van der Waals surface area contributed by atoms with Crippen molar-refractivity contribution in [1.29, 1.82) is 0 Å². The molecule has 0 fully saturated rings. The average molecular weight is 440 g/mol. The highest BCUT2D eigenvalue weighted by molar-refractivity contribution is 7.99. The van der Waals surface area contributed by atoms with Crippen LogP contribution in [0.25, 0.3) is 21.5 Å². The zero-order valence-corrected chi connectivity index (χ0v) is 17.6. The topological polar surface area (TPSA) is 103 Å². The molecule has 0 radical (unpaired) electrons. The smallest absolute Gasteiger partial charge is 0.269 e. The number of anilines is 1. The Kier molecular flexibility index (Phi) is 5.77. The Morgan fingerprint density at radius 1 is 1.20 bits per heavy atom. The number of amides is 1. The van der Waals surface area contributed by atoms with Gasteiger partial charge in [0, 0.05) is 45.4 Å². The number of hydrogen-bond acceptors (Lipinski definition) is 7. The predicted octanol–water partition coefficient (Wildman–Crippen LogP) is 4.82. The summed E-state index contributed by atoms with van der Waals surface area (Å²) >= 11 is 2.97. The summed E-state index contributed by atoms with van der Waals surface area (Å²) in [6, 6.07) is 13.9. The lowest BCUT2D eigenvalue weighted by molar-refractivity contribution is -0.384. The molecule has 0 aliphatic heterocycles. The van der Waals surface area contributed by atoms with Gasteiger partial charge in [-0.25, -0.2) is 0 Å². The minimum atomic E-state index is -0.479. The first kappa shape index (κ1) is 20.0. The lowest BCUT2D eigenvalue weighted by atomic mass is 10.1. The standard InChI is InChI=1S/C20H17N5O3S2/c1-2-24-19(16-11-29-17-6-4-3-5-15(16)17)22-23-20(24)30-12-18(26)21-13-7-9-14(10-8-13)25(27)28/h3-11H,2,12H2,1H3,(H,21,26). The van der Waals surface area contributed by atoms with Crippen molar-refractivity contribution in [2.45, 2.75) is 18.6 Å². The summed E-state index contributed by atoms with van der Waals surface area (Å²) in [5.74, 6) is 0.717. The molecule has 30 heavy (non-hydrogen) atoms. The Hall–Kier alpha value is -3.24. The Balaban J connectivity index is 1.46. The van der Waals surface area contributed by atoms with Crippen LogP contribution in [-0.4, -0.2) is 31.3 Å². The van der Waals surface area contributed by atoms with E-state index in [0.717, 1.165) is 16.8 Å². The van der Waals surface area contributed by atoms with Crippen molar-refractivity contribution >= 4 is 50.5 Å². The van der Waals surface area contributed by atoms with Gasteiger partial charge in [0.2, 0.25) is 5.91 Å². The number of thioether (sulfide) groups is 1. The molecule has 0 aliphatic rings. The third-order valence-corrected chi connectivity index (χ3v) is 6.38. The van der Waals surface area contributed by atoms with Crippen molar-refractivity contribution in [3.8, 4) is 11.4 Å². The number of nitrogens with zero attached hydrogens (tertiary/aromatic N) is 4. The van der Waals surface area contributed by atoms with Crippen molar-refractivity contribution in [2.75, 3.05) is 11.1 Å². The quantitative estimate of drug-likeness (QED) is 0.252. The molecular formula is C20H17N5O3S2. The van der Waals surface area contributed by atoms with Crippen LogP contribution in [0, 0.1) is 10.1 Å². The summed E-state index contributed by atoms with van der Waals surface area (Å²) in [6.07, 6.45) is 0. The maximum Gasteiger partial charge on any atom is 0.269 e. The number of carbonyl (C=O) groups is 1. The van der Waals surface area contributed by atoms with Crippen LogP contribution in [0.4, 0.5) is 11.4 Å². The second-order valence-corrected chi connectivity index (χ2v) is 8.19. The van der Waals surface area contributed by atoms with E-state index in [9.17, 15) is 14.9 Å². The van der Waals surface area contributed by atoms with E-state index in [-0.39, 0.29) is 17.3 Å². The van der Waals surface area contributed by atoms with Crippen LogP contribution in [0.5, 0.6) is 0 Å². The second-order valence-electron chi connectivity index (χ2n) is 6.34. The molecule has 0 bridgehead atoms. The molecule has 152 valence electrons. The highest BCUT2D eigenvalue weighted by Crippen LogP contribution is 2.34. The Morgan fingerprint density at radius 2 is 1.97 bits per heavy atom. The second kappa shape index (κ2) is 8.64. The van der Waals surface area contributed by atoms with Gasteiger partial charge in [0.25, 0.3) is 5.69 Å². The van der Waals surface area contributed by atoms with Gasteiger partial charge in [-0.15, -0.1) is 21.5 Å². The number of rotatable bonds is 7. The van der Waals surface area contributed by atoms with Crippen molar-refractivity contribution in [1.82, 2.24) is 14.8 Å². The summed E-state index contributed by atoms with van der Waals surface area (Å²) in [5.41, 5.74) is 1.52. The molecule has 4 rings (SSSR count). The Morgan fingerprint density at radius 3 is 2.70 bits per heavy atom. The van der Waals surface area contributed by atoms with E-state index in [1.807, 2.05) is 23.6 Å². The van der Waals surface area contributed by atoms with E-state index in [0.29, 0.717) is 17.4 Å². The van der Waals surface area contributed by atoms with Crippen LogP contribution in [0.1, 0.15) is 6.92 Å². The van der Waals surface area contributed by atoms with Gasteiger partial charge in [0.1, 0.15) is 0 Å². The van der Waals surface area contributed by atoms with Crippen LogP contribution in [0.2, 0.25) is 0 Å². The summed E-state index contributed by atoms with van der Waals surface area (Å²) in [7, 11) is 0. The predicted molar refractivity (Wildman–Crippen MR) is 119 cm³/mol. The molecule has 0 aliphatic carbocycles. The monoisotopic (exact) mass is 439 g/mol. The van der Waals surface area contributed by atoms with Gasteiger partial charge in [-0.3, -0.25) is 14.9 Å². The van der Waals surface area contributed by atoms with Gasteiger partial charge in [-0.05, 0) is 25.1 Å². The van der Waals surface area contributed by atoms with E-state index >= 15 is 0 Å². The zero-order valence-electron chi connectivity index (χ0n) is 15.9. The lowest BCUT2D eigenvalue weighted by Crippen LogP contribution is -2.14. The number of benzene rings is 2. The Labute approximate surface area is 180 Å².